The molecule has 1 saturated heterocycles. The molecule has 260 valence electrons. The topological polar surface area (TPSA) is 122 Å². The molecule has 0 bridgehead atoms. The number of imide groups is 1. The molecule has 1 fully saturated rings. The van der Waals surface area contributed by atoms with Gasteiger partial charge in [0, 0.05) is 22.9 Å². The number of carbonyl (C=O) groups excluding carboxylic acids is 2. The molecule has 1 aromatic heterocycles. The predicted molar refractivity (Wildman–Crippen MR) is 203 cm³/mol. The predicted octanol–water partition coefficient (Wildman–Crippen LogP) is 7.19. The fourth-order valence-electron chi connectivity index (χ4n) is 7.02. The van der Waals surface area contributed by atoms with Gasteiger partial charge >= 0.3 is 0 Å². The minimum Gasteiger partial charge on any atom is -0.489 e. The molecular weight excluding hydrogens is 685 g/mol. The van der Waals surface area contributed by atoms with Crippen LogP contribution in [0.3, 0.4) is 0 Å². The van der Waals surface area contributed by atoms with E-state index >= 15 is 0 Å². The van der Waals surface area contributed by atoms with Gasteiger partial charge in [0.15, 0.2) is 9.84 Å². The Kier molecular flexibility index (Phi) is 8.78. The standard InChI is InChI=1S/C43H32N4O5S/c44-25-39-40(30-11-3-1-4-12-30)38(42(48)47(43(39)49)35-22-23-53(50,51)28-35)24-33-26-46(34-15-5-2-6-16-34)45-41(33)31-18-20-36(21-19-31)52-27-32-14-9-13-29-10-7-8-17-37(29)32/h1-21,24,26,35H,22-23,27-28H2/b38-24-. The highest BCUT2D eigenvalue weighted by molar-refractivity contribution is 7.91. The molecule has 2 aliphatic rings. The first-order valence-electron chi connectivity index (χ1n) is 17.1. The first-order valence-corrected chi connectivity index (χ1v) is 19.0. The zero-order chi connectivity index (χ0) is 36.5. The number of sulfone groups is 1. The Morgan fingerprint density at radius 3 is 2.23 bits per heavy atom. The van der Waals surface area contributed by atoms with Crippen LogP contribution in [0.5, 0.6) is 5.75 Å². The maximum Gasteiger partial charge on any atom is 0.272 e. The van der Waals surface area contributed by atoms with Crippen molar-refractivity contribution in [1.82, 2.24) is 14.7 Å². The van der Waals surface area contributed by atoms with Crippen molar-refractivity contribution in [1.29, 1.82) is 5.26 Å². The number of nitrogens with zero attached hydrogens (tertiary/aromatic N) is 4. The van der Waals surface area contributed by atoms with Crippen molar-refractivity contribution in [3.63, 3.8) is 0 Å². The molecule has 5 aromatic carbocycles. The smallest absolute Gasteiger partial charge is 0.272 e. The van der Waals surface area contributed by atoms with E-state index in [2.05, 4.69) is 24.3 Å². The summed E-state index contributed by atoms with van der Waals surface area (Å²) in [5.74, 6) is -1.27. The molecule has 0 spiro atoms. The largest absolute Gasteiger partial charge is 0.489 e. The quantitative estimate of drug-likeness (QED) is 0.121. The van der Waals surface area contributed by atoms with Crippen molar-refractivity contribution in [2.75, 3.05) is 11.5 Å². The summed E-state index contributed by atoms with van der Waals surface area (Å²) in [5.41, 5.74) is 4.28. The highest BCUT2D eigenvalue weighted by Crippen LogP contribution is 2.38. The molecule has 0 saturated carbocycles. The van der Waals surface area contributed by atoms with E-state index in [0.29, 0.717) is 29.2 Å². The minimum absolute atomic E-state index is 0.0977. The van der Waals surface area contributed by atoms with Crippen LogP contribution in [0.1, 0.15) is 23.1 Å². The number of aromatic nitrogens is 2. The van der Waals surface area contributed by atoms with Crippen LogP contribution in [-0.4, -0.2) is 52.5 Å². The number of amides is 2. The van der Waals surface area contributed by atoms with Crippen LogP contribution in [0.2, 0.25) is 0 Å². The first-order chi connectivity index (χ1) is 25.8. The summed E-state index contributed by atoms with van der Waals surface area (Å²) < 4.78 is 32.9. The summed E-state index contributed by atoms with van der Waals surface area (Å²) in [7, 11) is -3.45. The summed E-state index contributed by atoms with van der Waals surface area (Å²) in [4.78, 5) is 29.3. The number of benzene rings is 5. The van der Waals surface area contributed by atoms with Crippen LogP contribution in [-0.2, 0) is 26.0 Å². The number of para-hydroxylation sites is 1. The third kappa shape index (κ3) is 6.54. The van der Waals surface area contributed by atoms with Gasteiger partial charge in [-0.2, -0.15) is 10.4 Å². The van der Waals surface area contributed by atoms with Crippen molar-refractivity contribution in [3.8, 4) is 28.8 Å². The van der Waals surface area contributed by atoms with Crippen LogP contribution in [0.25, 0.3) is 39.4 Å². The van der Waals surface area contributed by atoms with E-state index in [-0.39, 0.29) is 34.6 Å². The number of carbonyl (C=O) groups is 2. The van der Waals surface area contributed by atoms with E-state index in [4.69, 9.17) is 9.84 Å². The van der Waals surface area contributed by atoms with Gasteiger partial charge < -0.3 is 4.74 Å². The number of fused-ring (bicyclic) bond motifs is 1. The van der Waals surface area contributed by atoms with E-state index in [0.717, 1.165) is 32.5 Å². The molecule has 9 nitrogen and oxygen atoms in total. The van der Waals surface area contributed by atoms with Crippen LogP contribution in [0.4, 0.5) is 0 Å². The van der Waals surface area contributed by atoms with Crippen molar-refractivity contribution in [2.24, 2.45) is 0 Å². The van der Waals surface area contributed by atoms with E-state index < -0.39 is 27.7 Å². The molecule has 53 heavy (non-hydrogen) atoms. The van der Waals surface area contributed by atoms with E-state index in [1.807, 2.05) is 78.9 Å². The summed E-state index contributed by atoms with van der Waals surface area (Å²) in [6.45, 7) is 0.385. The van der Waals surface area contributed by atoms with Crippen LogP contribution in [0.15, 0.2) is 145 Å². The molecule has 1 atom stereocenters. The van der Waals surface area contributed by atoms with Gasteiger partial charge in [-0.3, -0.25) is 14.5 Å². The normalized spacial score (nSPS) is 17.8. The van der Waals surface area contributed by atoms with E-state index in [1.165, 1.54) is 0 Å². The average molecular weight is 717 g/mol. The van der Waals surface area contributed by atoms with Crippen LogP contribution in [0, 0.1) is 11.3 Å². The minimum atomic E-state index is -3.45. The van der Waals surface area contributed by atoms with Gasteiger partial charge in [-0.05, 0) is 70.8 Å². The van der Waals surface area contributed by atoms with Gasteiger partial charge in [-0.25, -0.2) is 13.1 Å². The SMILES string of the molecule is N#CC1=C(c2ccccc2)/C(=C/c2cn(-c3ccccc3)nc2-c2ccc(OCc3cccc4ccccc34)cc2)C(=O)N(C2CCS(=O)(=O)C2)C1=O. The second-order valence-corrected chi connectivity index (χ2v) is 15.2. The van der Waals surface area contributed by atoms with Gasteiger partial charge in [-0.1, -0.05) is 91.0 Å². The molecule has 3 heterocycles. The van der Waals surface area contributed by atoms with Gasteiger partial charge in [0.2, 0.25) is 0 Å². The lowest BCUT2D eigenvalue weighted by atomic mass is 9.86. The number of nitriles is 1. The number of ether oxygens (including phenoxy) is 1. The second-order valence-electron chi connectivity index (χ2n) is 13.0. The van der Waals surface area contributed by atoms with Crippen molar-refractivity contribution >= 4 is 44.1 Å². The maximum atomic E-state index is 14.5. The fourth-order valence-corrected chi connectivity index (χ4v) is 8.72. The zero-order valence-corrected chi connectivity index (χ0v) is 29.2. The molecule has 0 N–H and O–H groups in total. The summed E-state index contributed by atoms with van der Waals surface area (Å²) in [6.07, 6.45) is 3.56. The summed E-state index contributed by atoms with van der Waals surface area (Å²) >= 11 is 0. The van der Waals surface area contributed by atoms with E-state index in [1.54, 1.807) is 47.3 Å². The zero-order valence-electron chi connectivity index (χ0n) is 28.4. The second kappa shape index (κ2) is 13.9. The Labute approximate surface area is 306 Å². The lowest BCUT2D eigenvalue weighted by molar-refractivity contribution is -0.142. The van der Waals surface area contributed by atoms with Gasteiger partial charge in [0.1, 0.15) is 24.0 Å². The summed E-state index contributed by atoms with van der Waals surface area (Å²) in [6, 6.07) is 41.4. The fraction of sp³-hybridized carbons (Fsp3) is 0.116. The van der Waals surface area contributed by atoms with Gasteiger partial charge in [0.25, 0.3) is 11.8 Å². The molecule has 1 unspecified atom stereocenters. The van der Waals surface area contributed by atoms with E-state index in [9.17, 15) is 23.3 Å². The highest BCUT2D eigenvalue weighted by atomic mass is 32.2. The molecule has 6 aromatic rings. The molecule has 2 amide bonds. The van der Waals surface area contributed by atoms with Crippen molar-refractivity contribution in [2.45, 2.75) is 19.1 Å². The van der Waals surface area contributed by atoms with Crippen LogP contribution < -0.4 is 4.74 Å². The monoisotopic (exact) mass is 716 g/mol. The Bertz CT molecular complexity index is 2600. The lowest BCUT2D eigenvalue weighted by Gasteiger charge is -2.32. The maximum absolute atomic E-state index is 14.5. The Hall–Kier alpha value is -6.57. The number of hydrogen-bond acceptors (Lipinski definition) is 7. The average Bonchev–Trinajstić information content (AvgIpc) is 3.78. The van der Waals surface area contributed by atoms with Gasteiger partial charge in [0.05, 0.1) is 34.5 Å². The molecular formula is C43H32N4O5S. The highest BCUT2D eigenvalue weighted by Gasteiger charge is 2.45. The number of rotatable bonds is 8. The van der Waals surface area contributed by atoms with Crippen molar-refractivity contribution < 1.29 is 22.7 Å². The lowest BCUT2D eigenvalue weighted by Crippen LogP contribution is -2.49. The van der Waals surface area contributed by atoms with Crippen LogP contribution >= 0.6 is 0 Å². The van der Waals surface area contributed by atoms with Crippen molar-refractivity contribution in [3.05, 3.63) is 161 Å². The third-order valence-electron chi connectivity index (χ3n) is 9.61. The molecule has 10 heteroatoms. The molecule has 8 rings (SSSR count). The summed E-state index contributed by atoms with van der Waals surface area (Å²) in [5, 5.41) is 17.6. The Balaban J connectivity index is 1.22. The van der Waals surface area contributed by atoms with Gasteiger partial charge in [-0.15, -0.1) is 0 Å². The molecule has 0 aliphatic carbocycles. The third-order valence-corrected chi connectivity index (χ3v) is 11.4. The first kappa shape index (κ1) is 33.6. The Morgan fingerprint density at radius 2 is 1.51 bits per heavy atom. The molecule has 0 radical (unpaired) electrons. The Morgan fingerprint density at radius 1 is 0.811 bits per heavy atom. The molecule has 2 aliphatic heterocycles. The number of hydrogen-bond donors (Lipinski definition) is 0.